The topological polar surface area (TPSA) is 82.1 Å². The van der Waals surface area contributed by atoms with E-state index in [4.69, 9.17) is 19.3 Å². The molecule has 0 aliphatic heterocycles. The molecule has 0 saturated carbocycles. The van der Waals surface area contributed by atoms with Crippen molar-refractivity contribution in [1.29, 1.82) is 0 Å². The number of carbonyl (C=O) groups excluding carboxylic acids is 2. The van der Waals surface area contributed by atoms with Crippen LogP contribution in [0, 0.1) is 0 Å². The zero-order chi connectivity index (χ0) is 21.6. The molecule has 0 spiro atoms. The SMILES string of the molecule is C=C(C)C(=O)OCCCc1cccc(CCCOC(=O)C(=C)C)c1OCCCO. The molecule has 0 unspecified atom stereocenters. The van der Waals surface area contributed by atoms with Crippen molar-refractivity contribution in [1.82, 2.24) is 0 Å². The third kappa shape index (κ3) is 9.43. The summed E-state index contributed by atoms with van der Waals surface area (Å²) in [5, 5.41) is 9.03. The Hall–Kier alpha value is -2.60. The number of rotatable bonds is 14. The van der Waals surface area contributed by atoms with Gasteiger partial charge in [0, 0.05) is 24.2 Å². The first-order chi connectivity index (χ1) is 13.9. The summed E-state index contributed by atoms with van der Waals surface area (Å²) in [5.41, 5.74) is 2.80. The van der Waals surface area contributed by atoms with E-state index in [2.05, 4.69) is 13.2 Å². The Morgan fingerprint density at radius 3 is 1.76 bits per heavy atom. The predicted molar refractivity (Wildman–Crippen MR) is 112 cm³/mol. The Morgan fingerprint density at radius 2 is 1.34 bits per heavy atom. The van der Waals surface area contributed by atoms with Gasteiger partial charge >= 0.3 is 11.9 Å². The molecule has 0 radical (unpaired) electrons. The quantitative estimate of drug-likeness (QED) is 0.290. The highest BCUT2D eigenvalue weighted by Crippen LogP contribution is 2.27. The molecule has 0 heterocycles. The maximum absolute atomic E-state index is 11.5. The van der Waals surface area contributed by atoms with E-state index in [9.17, 15) is 9.59 Å². The van der Waals surface area contributed by atoms with Crippen molar-refractivity contribution in [3.63, 3.8) is 0 Å². The van der Waals surface area contributed by atoms with E-state index in [1.54, 1.807) is 13.8 Å². The van der Waals surface area contributed by atoms with Crippen LogP contribution in [0.4, 0.5) is 0 Å². The molecule has 0 aliphatic carbocycles. The minimum absolute atomic E-state index is 0.0607. The number of esters is 2. The molecule has 29 heavy (non-hydrogen) atoms. The molecule has 1 aromatic carbocycles. The first-order valence-electron chi connectivity index (χ1n) is 9.86. The zero-order valence-electron chi connectivity index (χ0n) is 17.5. The molecule has 6 heteroatoms. The number of carbonyl (C=O) groups is 2. The minimum Gasteiger partial charge on any atom is -0.493 e. The number of aliphatic hydroxyl groups is 1. The van der Waals surface area contributed by atoms with Gasteiger partial charge in [0.05, 0.1) is 19.8 Å². The first-order valence-corrected chi connectivity index (χ1v) is 9.86. The third-order valence-electron chi connectivity index (χ3n) is 4.07. The molecule has 6 nitrogen and oxygen atoms in total. The van der Waals surface area contributed by atoms with Crippen molar-refractivity contribution in [3.05, 3.63) is 53.6 Å². The lowest BCUT2D eigenvalue weighted by Gasteiger charge is -2.16. The summed E-state index contributed by atoms with van der Waals surface area (Å²) >= 11 is 0. The molecule has 0 atom stereocenters. The standard InChI is InChI=1S/C23H32O6/c1-17(2)22(25)28-14-6-11-19-9-5-10-20(21(19)27-16-8-13-24)12-7-15-29-23(26)18(3)4/h5,9-10,24H,1,3,6-8,11-16H2,2,4H3. The largest absolute Gasteiger partial charge is 0.493 e. The van der Waals surface area contributed by atoms with Gasteiger partial charge in [-0.15, -0.1) is 0 Å². The lowest BCUT2D eigenvalue weighted by atomic mass is 10.0. The summed E-state index contributed by atoms with van der Waals surface area (Å²) in [6.07, 6.45) is 3.25. The molecule has 1 N–H and O–H groups in total. The number of aryl methyl sites for hydroxylation is 2. The molecular formula is C23H32O6. The van der Waals surface area contributed by atoms with Crippen LogP contribution in [0.25, 0.3) is 0 Å². The van der Waals surface area contributed by atoms with E-state index in [-0.39, 0.29) is 18.5 Å². The highest BCUT2D eigenvalue weighted by Gasteiger charge is 2.11. The summed E-state index contributed by atoms with van der Waals surface area (Å²) < 4.78 is 16.2. The fourth-order valence-electron chi connectivity index (χ4n) is 2.56. The zero-order valence-corrected chi connectivity index (χ0v) is 17.5. The second kappa shape index (κ2) is 13.6. The van der Waals surface area contributed by atoms with E-state index in [0.717, 1.165) is 16.9 Å². The van der Waals surface area contributed by atoms with Crippen molar-refractivity contribution < 1.29 is 28.9 Å². The lowest BCUT2D eigenvalue weighted by Crippen LogP contribution is -2.09. The number of benzene rings is 1. The van der Waals surface area contributed by atoms with Crippen LogP contribution in [0.1, 0.15) is 44.2 Å². The normalized spacial score (nSPS) is 10.3. The Kier molecular flexibility index (Phi) is 11.4. The van der Waals surface area contributed by atoms with Crippen molar-refractivity contribution in [3.8, 4) is 5.75 Å². The molecule has 0 saturated heterocycles. The van der Waals surface area contributed by atoms with Crippen LogP contribution in [0.5, 0.6) is 5.75 Å². The lowest BCUT2D eigenvalue weighted by molar-refractivity contribution is -0.139. The van der Waals surface area contributed by atoms with E-state index >= 15 is 0 Å². The van der Waals surface area contributed by atoms with Gasteiger partial charge in [0.1, 0.15) is 5.75 Å². The van der Waals surface area contributed by atoms with Gasteiger partial charge in [-0.2, -0.15) is 0 Å². The van der Waals surface area contributed by atoms with Crippen LogP contribution >= 0.6 is 0 Å². The summed E-state index contributed by atoms with van der Waals surface area (Å²) in [6, 6.07) is 5.93. The van der Waals surface area contributed by atoms with Gasteiger partial charge in [-0.1, -0.05) is 31.4 Å². The van der Waals surface area contributed by atoms with Crippen molar-refractivity contribution in [2.24, 2.45) is 0 Å². The number of para-hydroxylation sites is 1. The van der Waals surface area contributed by atoms with Gasteiger partial charge < -0.3 is 19.3 Å². The second-order valence-corrected chi connectivity index (χ2v) is 6.87. The Labute approximate surface area is 173 Å². The second-order valence-electron chi connectivity index (χ2n) is 6.87. The molecule has 0 amide bonds. The van der Waals surface area contributed by atoms with Crippen LogP contribution in [-0.4, -0.2) is 43.5 Å². The van der Waals surface area contributed by atoms with E-state index in [1.165, 1.54) is 0 Å². The average Bonchev–Trinajstić information content (AvgIpc) is 2.69. The monoisotopic (exact) mass is 404 g/mol. The summed E-state index contributed by atoms with van der Waals surface area (Å²) in [5.74, 6) is 0.0170. The predicted octanol–water partition coefficient (Wildman–Crippen LogP) is 3.55. The summed E-state index contributed by atoms with van der Waals surface area (Å²) in [6.45, 7) is 11.5. The number of hydrogen-bond donors (Lipinski definition) is 1. The van der Waals surface area contributed by atoms with Crippen LogP contribution in [0.15, 0.2) is 42.5 Å². The molecule has 1 aromatic rings. The van der Waals surface area contributed by atoms with Crippen LogP contribution in [-0.2, 0) is 31.9 Å². The fourth-order valence-corrected chi connectivity index (χ4v) is 2.56. The van der Waals surface area contributed by atoms with Crippen LogP contribution in [0.2, 0.25) is 0 Å². The molecular weight excluding hydrogens is 372 g/mol. The highest BCUT2D eigenvalue weighted by atomic mass is 16.5. The first kappa shape index (κ1) is 24.4. The summed E-state index contributed by atoms with van der Waals surface area (Å²) in [4.78, 5) is 22.9. The summed E-state index contributed by atoms with van der Waals surface area (Å²) in [7, 11) is 0. The number of hydrogen-bond acceptors (Lipinski definition) is 6. The van der Waals surface area contributed by atoms with E-state index in [1.807, 2.05) is 18.2 Å². The van der Waals surface area contributed by atoms with Gasteiger partial charge in [0.15, 0.2) is 0 Å². The van der Waals surface area contributed by atoms with Crippen LogP contribution in [0.3, 0.4) is 0 Å². The van der Waals surface area contributed by atoms with Gasteiger partial charge in [0.25, 0.3) is 0 Å². The molecule has 160 valence electrons. The van der Waals surface area contributed by atoms with E-state index < -0.39 is 0 Å². The molecule has 0 aliphatic rings. The van der Waals surface area contributed by atoms with Gasteiger partial charge in [-0.25, -0.2) is 9.59 Å². The van der Waals surface area contributed by atoms with Gasteiger partial charge in [-0.05, 0) is 50.7 Å². The number of aliphatic hydroxyl groups excluding tert-OH is 1. The van der Waals surface area contributed by atoms with Crippen molar-refractivity contribution in [2.45, 2.75) is 46.0 Å². The molecule has 0 aromatic heterocycles. The average molecular weight is 405 g/mol. The highest BCUT2D eigenvalue weighted by molar-refractivity contribution is 5.87. The molecule has 0 fully saturated rings. The van der Waals surface area contributed by atoms with Crippen molar-refractivity contribution in [2.75, 3.05) is 26.4 Å². The fraction of sp³-hybridized carbons (Fsp3) is 0.478. The smallest absolute Gasteiger partial charge is 0.333 e. The van der Waals surface area contributed by atoms with Gasteiger partial charge in [-0.3, -0.25) is 0 Å². The Balaban J connectivity index is 2.70. The molecule has 1 rings (SSSR count). The molecule has 0 bridgehead atoms. The third-order valence-corrected chi connectivity index (χ3v) is 4.07. The Morgan fingerprint density at radius 1 is 0.862 bits per heavy atom. The Bertz CT molecular complexity index is 655. The van der Waals surface area contributed by atoms with Crippen molar-refractivity contribution >= 4 is 11.9 Å². The van der Waals surface area contributed by atoms with Gasteiger partial charge in [0.2, 0.25) is 0 Å². The van der Waals surface area contributed by atoms with Crippen LogP contribution < -0.4 is 4.74 Å². The number of ether oxygens (including phenoxy) is 3. The maximum atomic E-state index is 11.5. The van der Waals surface area contributed by atoms with E-state index in [0.29, 0.717) is 63.1 Å². The minimum atomic E-state index is -0.387. The maximum Gasteiger partial charge on any atom is 0.333 e.